The molecule has 2 N–H and O–H groups in total. The molecule has 0 bridgehead atoms. The highest BCUT2D eigenvalue weighted by Gasteiger charge is 2.30. The Bertz CT molecular complexity index is 803. The molecule has 1 aromatic rings. The fraction of sp³-hybridized carbons (Fsp3) is 0.600. The van der Waals surface area contributed by atoms with Gasteiger partial charge in [0.05, 0.1) is 12.0 Å². The minimum atomic E-state index is -3.89. The third kappa shape index (κ3) is 5.55. The van der Waals surface area contributed by atoms with Crippen molar-refractivity contribution in [2.24, 2.45) is 5.41 Å². The Morgan fingerprint density at radius 3 is 2.48 bits per heavy atom. The summed E-state index contributed by atoms with van der Waals surface area (Å²) in [5.74, 6) is 0.113. The summed E-state index contributed by atoms with van der Waals surface area (Å²) in [7, 11) is -6.06. The van der Waals surface area contributed by atoms with Crippen molar-refractivity contribution in [3.8, 4) is 5.75 Å². The molecule has 0 radical (unpaired) electrons. The summed E-state index contributed by atoms with van der Waals surface area (Å²) in [5.41, 5.74) is -0.174. The molecule has 144 valence electrons. The zero-order valence-corrected chi connectivity index (χ0v) is 17.0. The normalized spacial score (nSPS) is 21.4. The highest BCUT2D eigenvalue weighted by Crippen LogP contribution is 2.29. The average molecular weight is 413 g/mol. The Kier molecular flexibility index (Phi) is 7.29. The molecule has 1 fully saturated rings. The van der Waals surface area contributed by atoms with E-state index in [4.69, 9.17) is 4.74 Å². The number of benzene rings is 1. The zero-order valence-electron chi connectivity index (χ0n) is 14.5. The molecule has 0 aliphatic carbocycles. The molecule has 1 heterocycles. The van der Waals surface area contributed by atoms with Gasteiger partial charge in [-0.3, -0.25) is 0 Å². The van der Waals surface area contributed by atoms with Crippen LogP contribution in [0.25, 0.3) is 0 Å². The van der Waals surface area contributed by atoms with E-state index in [0.29, 0.717) is 0 Å². The third-order valence-corrected chi connectivity index (χ3v) is 6.76. The lowest BCUT2D eigenvalue weighted by Crippen LogP contribution is -2.45. The summed E-state index contributed by atoms with van der Waals surface area (Å²) in [6, 6.07) is 3.83. The molecule has 1 aliphatic rings. The van der Waals surface area contributed by atoms with Crippen LogP contribution >= 0.6 is 12.4 Å². The van der Waals surface area contributed by atoms with Crippen molar-refractivity contribution in [1.29, 1.82) is 0 Å². The number of ether oxygens (including phenoxy) is 1. The minimum Gasteiger partial charge on any atom is -0.495 e. The van der Waals surface area contributed by atoms with Gasteiger partial charge in [-0.1, -0.05) is 6.92 Å². The number of sulfonamides is 1. The topological polar surface area (TPSA) is 102 Å². The number of methoxy groups -OCH3 is 1. The highest BCUT2D eigenvalue weighted by molar-refractivity contribution is 7.91. The monoisotopic (exact) mass is 412 g/mol. The lowest BCUT2D eigenvalue weighted by atomic mass is 9.83. The Balaban J connectivity index is 0.00000312. The van der Waals surface area contributed by atoms with Gasteiger partial charge in [-0.15, -0.1) is 12.4 Å². The summed E-state index contributed by atoms with van der Waals surface area (Å²) in [6.07, 6.45) is 2.95. The molecule has 25 heavy (non-hydrogen) atoms. The highest BCUT2D eigenvalue weighted by atomic mass is 35.5. The van der Waals surface area contributed by atoms with Crippen LogP contribution in [0.15, 0.2) is 28.0 Å². The lowest BCUT2D eigenvalue weighted by molar-refractivity contribution is 0.238. The van der Waals surface area contributed by atoms with Gasteiger partial charge in [0.15, 0.2) is 9.84 Å². The van der Waals surface area contributed by atoms with E-state index >= 15 is 0 Å². The summed E-state index contributed by atoms with van der Waals surface area (Å²) in [6.45, 7) is 3.96. The molecule has 0 aromatic heterocycles. The van der Waals surface area contributed by atoms with E-state index in [1.807, 2.05) is 6.92 Å². The standard InChI is InChI=1S/C15H24N2O5S2.ClH/c1-15(7-4-8-16-10-15)11-17-24(20,21)14-9-12(23(3,18)19)5-6-13(14)22-2;/h5-6,9,16-17H,4,7-8,10-11H2,1-3H3;1H. The first-order chi connectivity index (χ1) is 11.1. The van der Waals surface area contributed by atoms with Gasteiger partial charge < -0.3 is 10.1 Å². The number of nitrogens with one attached hydrogen (secondary N) is 2. The molecular weight excluding hydrogens is 388 g/mol. The first-order valence-electron chi connectivity index (χ1n) is 7.66. The van der Waals surface area contributed by atoms with Gasteiger partial charge in [0.25, 0.3) is 0 Å². The van der Waals surface area contributed by atoms with Crippen molar-refractivity contribution in [2.75, 3.05) is 33.0 Å². The smallest absolute Gasteiger partial charge is 0.244 e. The molecule has 7 nitrogen and oxygen atoms in total. The maximum atomic E-state index is 12.7. The SMILES string of the molecule is COc1ccc(S(C)(=O)=O)cc1S(=O)(=O)NCC1(C)CCCNC1.Cl. The van der Waals surface area contributed by atoms with Crippen LogP contribution in [-0.2, 0) is 19.9 Å². The van der Waals surface area contributed by atoms with E-state index in [-0.39, 0.29) is 39.9 Å². The molecule has 1 aliphatic heterocycles. The van der Waals surface area contributed by atoms with Gasteiger partial charge in [-0.05, 0) is 43.0 Å². The molecular formula is C15H25ClN2O5S2. The number of halogens is 1. The lowest BCUT2D eigenvalue weighted by Gasteiger charge is -2.34. The van der Waals surface area contributed by atoms with E-state index in [1.165, 1.54) is 19.2 Å². The Labute approximate surface area is 155 Å². The van der Waals surface area contributed by atoms with Crippen LogP contribution in [-0.4, -0.2) is 49.8 Å². The van der Waals surface area contributed by atoms with Crippen LogP contribution in [0.5, 0.6) is 5.75 Å². The first-order valence-corrected chi connectivity index (χ1v) is 11.0. The third-order valence-electron chi connectivity index (χ3n) is 4.23. The second-order valence-electron chi connectivity index (χ2n) is 6.50. The van der Waals surface area contributed by atoms with E-state index < -0.39 is 19.9 Å². The van der Waals surface area contributed by atoms with Gasteiger partial charge in [0, 0.05) is 19.3 Å². The average Bonchev–Trinajstić information content (AvgIpc) is 2.52. The van der Waals surface area contributed by atoms with Crippen molar-refractivity contribution < 1.29 is 21.6 Å². The maximum absolute atomic E-state index is 12.7. The van der Waals surface area contributed by atoms with Crippen LogP contribution in [0.1, 0.15) is 19.8 Å². The Morgan fingerprint density at radius 2 is 1.96 bits per heavy atom. The number of hydrogen-bond donors (Lipinski definition) is 2. The van der Waals surface area contributed by atoms with Gasteiger partial charge in [-0.25, -0.2) is 21.6 Å². The quantitative estimate of drug-likeness (QED) is 0.727. The van der Waals surface area contributed by atoms with E-state index in [9.17, 15) is 16.8 Å². The van der Waals surface area contributed by atoms with Crippen LogP contribution in [0.4, 0.5) is 0 Å². The molecule has 1 atom stereocenters. The van der Waals surface area contributed by atoms with Gasteiger partial charge >= 0.3 is 0 Å². The summed E-state index contributed by atoms with van der Waals surface area (Å²) in [4.78, 5) is -0.227. The van der Waals surface area contributed by atoms with E-state index in [2.05, 4.69) is 10.0 Å². The molecule has 0 amide bonds. The van der Waals surface area contributed by atoms with Crippen molar-refractivity contribution in [1.82, 2.24) is 10.0 Å². The Hall–Kier alpha value is -0.870. The van der Waals surface area contributed by atoms with Crippen LogP contribution < -0.4 is 14.8 Å². The maximum Gasteiger partial charge on any atom is 0.244 e. The fourth-order valence-corrected chi connectivity index (χ4v) is 4.83. The number of hydrogen-bond acceptors (Lipinski definition) is 6. The van der Waals surface area contributed by atoms with E-state index in [1.54, 1.807) is 0 Å². The predicted octanol–water partition coefficient (Wildman–Crippen LogP) is 1.19. The minimum absolute atomic E-state index is 0. The van der Waals surface area contributed by atoms with Crippen molar-refractivity contribution in [2.45, 2.75) is 29.6 Å². The number of piperidine rings is 1. The Morgan fingerprint density at radius 1 is 1.28 bits per heavy atom. The van der Waals surface area contributed by atoms with Crippen LogP contribution in [0, 0.1) is 5.41 Å². The van der Waals surface area contributed by atoms with Gasteiger partial charge in [0.2, 0.25) is 10.0 Å². The summed E-state index contributed by atoms with van der Waals surface area (Å²) < 4.78 is 56.4. The van der Waals surface area contributed by atoms with Crippen molar-refractivity contribution in [3.63, 3.8) is 0 Å². The number of rotatable bonds is 6. The predicted molar refractivity (Wildman–Crippen MR) is 98.8 cm³/mol. The van der Waals surface area contributed by atoms with Gasteiger partial charge in [-0.2, -0.15) is 0 Å². The molecule has 2 rings (SSSR count). The molecule has 1 aromatic carbocycles. The molecule has 1 saturated heterocycles. The van der Waals surface area contributed by atoms with E-state index in [0.717, 1.165) is 38.3 Å². The largest absolute Gasteiger partial charge is 0.495 e. The van der Waals surface area contributed by atoms with Crippen LogP contribution in [0.2, 0.25) is 0 Å². The molecule has 0 spiro atoms. The second kappa shape index (κ2) is 8.22. The van der Waals surface area contributed by atoms with Crippen LogP contribution in [0.3, 0.4) is 0 Å². The van der Waals surface area contributed by atoms with Gasteiger partial charge in [0.1, 0.15) is 10.6 Å². The fourth-order valence-electron chi connectivity index (χ4n) is 2.71. The number of sulfone groups is 1. The second-order valence-corrected chi connectivity index (χ2v) is 10.3. The molecule has 0 saturated carbocycles. The van der Waals surface area contributed by atoms with Crippen molar-refractivity contribution >= 4 is 32.3 Å². The first kappa shape index (κ1) is 22.2. The zero-order chi connectivity index (χ0) is 18.0. The summed E-state index contributed by atoms with van der Waals surface area (Å²) in [5, 5.41) is 3.26. The molecule has 1 unspecified atom stereocenters. The summed E-state index contributed by atoms with van der Waals surface area (Å²) >= 11 is 0. The van der Waals surface area contributed by atoms with Crippen molar-refractivity contribution in [3.05, 3.63) is 18.2 Å². The molecule has 10 heteroatoms.